The Morgan fingerprint density at radius 1 is 1.44 bits per heavy atom. The Morgan fingerprint density at radius 3 is 2.00 bits per heavy atom. The summed E-state index contributed by atoms with van der Waals surface area (Å²) in [6.45, 7) is 0. The van der Waals surface area contributed by atoms with Crippen molar-refractivity contribution in [3.05, 3.63) is 0 Å². The first kappa shape index (κ1) is 7.19. The average Bonchev–Trinajstić information content (AvgIpc) is 1.61. The summed E-state index contributed by atoms with van der Waals surface area (Å²) in [7, 11) is 0. The van der Waals surface area contributed by atoms with E-state index in [2.05, 4.69) is 0 Å². The smallest absolute Gasteiger partial charge is 0.207 e. The van der Waals surface area contributed by atoms with Crippen LogP contribution in [0.3, 0.4) is 0 Å². The topological polar surface area (TPSA) is 23.8 Å². The van der Waals surface area contributed by atoms with Crippen LogP contribution in [0.5, 0.6) is 0 Å². The van der Waals surface area contributed by atoms with Crippen LogP contribution in [0.15, 0.2) is 0 Å². The lowest BCUT2D eigenvalue weighted by Gasteiger charge is -2.37. The molecule has 1 fully saturated rings. The molecule has 0 saturated heterocycles. The molecule has 0 atom stereocenters. The summed E-state index contributed by atoms with van der Waals surface area (Å²) in [4.78, 5) is 0. The quantitative estimate of drug-likeness (QED) is 0.472. The molecule has 50 valence electrons. The summed E-state index contributed by atoms with van der Waals surface area (Å²) in [6, 6.07) is 1.84. The van der Waals surface area contributed by atoms with E-state index >= 15 is 0 Å². The Labute approximate surface area is 65.2 Å². The van der Waals surface area contributed by atoms with Crippen LogP contribution in [0, 0.1) is 11.3 Å². The molecule has 1 rings (SSSR count). The van der Waals surface area contributed by atoms with Crippen LogP contribution in [0.25, 0.3) is 0 Å². The van der Waals surface area contributed by atoms with Gasteiger partial charge in [0.15, 0.2) is 0 Å². The highest BCUT2D eigenvalue weighted by molar-refractivity contribution is 14.1. The van der Waals surface area contributed by atoms with Crippen molar-refractivity contribution >= 4 is 22.6 Å². The van der Waals surface area contributed by atoms with E-state index in [4.69, 9.17) is 5.26 Å². The van der Waals surface area contributed by atoms with E-state index in [0.717, 1.165) is 0 Å². The number of hydrogen-bond donors (Lipinski definition) is 0. The Bertz CT molecular complexity index is 164. The van der Waals surface area contributed by atoms with Crippen molar-refractivity contribution < 1.29 is 8.78 Å². The molecule has 0 aromatic carbocycles. The molecule has 1 aliphatic rings. The highest BCUT2D eigenvalue weighted by Crippen LogP contribution is 2.50. The molecular weight excluding hydrogens is 239 g/mol. The van der Waals surface area contributed by atoms with Crippen molar-refractivity contribution in [2.45, 2.75) is 22.2 Å². The van der Waals surface area contributed by atoms with Gasteiger partial charge >= 0.3 is 0 Å². The van der Waals surface area contributed by atoms with Crippen molar-refractivity contribution in [3.8, 4) is 6.07 Å². The summed E-state index contributed by atoms with van der Waals surface area (Å²) >= 11 is 1.77. The van der Waals surface area contributed by atoms with Gasteiger partial charge in [0, 0.05) is 12.8 Å². The van der Waals surface area contributed by atoms with Crippen molar-refractivity contribution in [1.82, 2.24) is 0 Å². The lowest BCUT2D eigenvalue weighted by atomic mass is 9.82. The van der Waals surface area contributed by atoms with E-state index in [-0.39, 0.29) is 12.8 Å². The zero-order valence-corrected chi connectivity index (χ0v) is 6.65. The molecule has 0 radical (unpaired) electrons. The third-order valence-electron chi connectivity index (χ3n) is 1.28. The number of halogens is 3. The van der Waals surface area contributed by atoms with Gasteiger partial charge in [0.25, 0.3) is 5.92 Å². The van der Waals surface area contributed by atoms with Gasteiger partial charge in [-0.05, 0) is 0 Å². The van der Waals surface area contributed by atoms with Crippen LogP contribution in [0.1, 0.15) is 12.8 Å². The fourth-order valence-corrected chi connectivity index (χ4v) is 1.96. The third-order valence-corrected chi connectivity index (χ3v) is 2.28. The summed E-state index contributed by atoms with van der Waals surface area (Å²) in [5, 5.41) is 8.29. The molecular formula is C5H4F2IN. The average molecular weight is 243 g/mol. The van der Waals surface area contributed by atoms with Gasteiger partial charge in [-0.2, -0.15) is 5.26 Å². The van der Waals surface area contributed by atoms with Crippen LogP contribution in [-0.2, 0) is 0 Å². The molecule has 0 N–H and O–H groups in total. The van der Waals surface area contributed by atoms with Crippen molar-refractivity contribution in [2.75, 3.05) is 0 Å². The van der Waals surface area contributed by atoms with Crippen LogP contribution < -0.4 is 0 Å². The lowest BCUT2D eigenvalue weighted by molar-refractivity contribution is -0.0780. The maximum absolute atomic E-state index is 12.1. The second kappa shape index (κ2) is 1.78. The van der Waals surface area contributed by atoms with Gasteiger partial charge in [0.2, 0.25) is 0 Å². The van der Waals surface area contributed by atoms with Gasteiger partial charge in [0.05, 0.1) is 6.07 Å². The maximum Gasteiger partial charge on any atom is 0.252 e. The molecule has 0 heterocycles. The van der Waals surface area contributed by atoms with Gasteiger partial charge in [0.1, 0.15) is 3.42 Å². The van der Waals surface area contributed by atoms with Gasteiger partial charge < -0.3 is 0 Å². The second-order valence-corrected chi connectivity index (χ2v) is 4.35. The number of nitriles is 1. The minimum absolute atomic E-state index is 0.281. The molecule has 0 aliphatic heterocycles. The first-order valence-corrected chi connectivity index (χ1v) is 3.53. The normalized spacial score (nSPS) is 28.2. The summed E-state index contributed by atoms with van der Waals surface area (Å²) in [5.74, 6) is -2.57. The number of rotatable bonds is 0. The standard InChI is InChI=1S/C5H4F2IN/c6-5(7)1-4(8,2-5)3-9/h1-2H2. The predicted octanol–water partition coefficient (Wildman–Crippen LogP) is 2.11. The zero-order chi connectivity index (χ0) is 7.12. The molecule has 1 aliphatic carbocycles. The summed E-state index contributed by atoms with van der Waals surface area (Å²) in [6.07, 6.45) is -0.561. The van der Waals surface area contributed by atoms with Gasteiger partial charge in [-0.25, -0.2) is 8.78 Å². The van der Waals surface area contributed by atoms with E-state index in [9.17, 15) is 8.78 Å². The van der Waals surface area contributed by atoms with E-state index < -0.39 is 9.34 Å². The second-order valence-electron chi connectivity index (χ2n) is 2.29. The van der Waals surface area contributed by atoms with Crippen LogP contribution in [0.4, 0.5) is 8.78 Å². The molecule has 9 heavy (non-hydrogen) atoms. The minimum Gasteiger partial charge on any atom is -0.207 e. The fourth-order valence-electron chi connectivity index (χ4n) is 0.847. The Morgan fingerprint density at radius 2 is 1.89 bits per heavy atom. The summed E-state index contributed by atoms with van der Waals surface area (Å²) < 4.78 is 23.4. The predicted molar refractivity (Wildman–Crippen MR) is 36.5 cm³/mol. The molecule has 0 aromatic heterocycles. The van der Waals surface area contributed by atoms with Crippen LogP contribution in [0.2, 0.25) is 0 Å². The van der Waals surface area contributed by atoms with E-state index in [0.29, 0.717) is 0 Å². The third kappa shape index (κ3) is 1.31. The SMILES string of the molecule is N#CC1(I)CC(F)(F)C1. The first-order chi connectivity index (χ1) is 3.97. The molecule has 0 amide bonds. The van der Waals surface area contributed by atoms with E-state index in [1.165, 1.54) is 0 Å². The molecule has 1 nitrogen and oxygen atoms in total. The Hall–Kier alpha value is 0.0800. The van der Waals surface area contributed by atoms with Crippen molar-refractivity contribution in [2.24, 2.45) is 0 Å². The molecule has 0 aromatic rings. The van der Waals surface area contributed by atoms with Crippen molar-refractivity contribution in [3.63, 3.8) is 0 Å². The number of nitrogens with zero attached hydrogens (tertiary/aromatic N) is 1. The minimum atomic E-state index is -2.57. The number of alkyl halides is 3. The first-order valence-electron chi connectivity index (χ1n) is 2.45. The van der Waals surface area contributed by atoms with Gasteiger partial charge in [-0.15, -0.1) is 0 Å². The fraction of sp³-hybridized carbons (Fsp3) is 0.800. The Kier molecular flexibility index (Phi) is 1.42. The molecule has 0 spiro atoms. The molecule has 4 heteroatoms. The van der Waals surface area contributed by atoms with Gasteiger partial charge in [-0.1, -0.05) is 22.6 Å². The van der Waals surface area contributed by atoms with Crippen LogP contribution >= 0.6 is 22.6 Å². The zero-order valence-electron chi connectivity index (χ0n) is 4.50. The monoisotopic (exact) mass is 243 g/mol. The highest BCUT2D eigenvalue weighted by atomic mass is 127. The van der Waals surface area contributed by atoms with Crippen LogP contribution in [-0.4, -0.2) is 9.34 Å². The molecule has 0 unspecified atom stereocenters. The van der Waals surface area contributed by atoms with Crippen molar-refractivity contribution in [1.29, 1.82) is 5.26 Å². The van der Waals surface area contributed by atoms with E-state index in [1.807, 2.05) is 6.07 Å². The van der Waals surface area contributed by atoms with Gasteiger partial charge in [-0.3, -0.25) is 0 Å². The highest BCUT2D eigenvalue weighted by Gasteiger charge is 2.55. The number of hydrogen-bond acceptors (Lipinski definition) is 1. The van der Waals surface area contributed by atoms with E-state index in [1.54, 1.807) is 22.6 Å². The molecule has 1 saturated carbocycles. The molecule has 0 bridgehead atoms. The Balaban J connectivity index is 2.54. The summed E-state index contributed by atoms with van der Waals surface area (Å²) in [5.41, 5.74) is 0. The lowest BCUT2D eigenvalue weighted by Crippen LogP contribution is -2.45. The largest absolute Gasteiger partial charge is 0.252 e. The maximum atomic E-state index is 12.1.